The van der Waals surface area contributed by atoms with E-state index in [-0.39, 0.29) is 5.25 Å². The van der Waals surface area contributed by atoms with Crippen LogP contribution in [0.2, 0.25) is 0 Å². The summed E-state index contributed by atoms with van der Waals surface area (Å²) in [6, 6.07) is 0. The highest BCUT2D eigenvalue weighted by molar-refractivity contribution is 7.92. The zero-order valence-electron chi connectivity index (χ0n) is 10.9. The Morgan fingerprint density at radius 3 is 2.38 bits per heavy atom. The zero-order chi connectivity index (χ0) is 12.2. The van der Waals surface area contributed by atoms with E-state index in [4.69, 9.17) is 0 Å². The minimum atomic E-state index is -2.85. The van der Waals surface area contributed by atoms with E-state index in [0.29, 0.717) is 17.6 Å². The Hall–Kier alpha value is -0.0500. The quantitative estimate of drug-likeness (QED) is 0.748. The predicted octanol–water partition coefficient (Wildman–Crippen LogP) is 3.42. The Morgan fingerprint density at radius 2 is 1.75 bits per heavy atom. The molecule has 0 bridgehead atoms. The molecule has 2 nitrogen and oxygen atoms in total. The van der Waals surface area contributed by atoms with E-state index in [9.17, 15) is 8.42 Å². The van der Waals surface area contributed by atoms with Gasteiger partial charge < -0.3 is 0 Å². The lowest BCUT2D eigenvalue weighted by Crippen LogP contribution is -2.31. The van der Waals surface area contributed by atoms with Gasteiger partial charge in [-0.1, -0.05) is 40.0 Å². The van der Waals surface area contributed by atoms with E-state index < -0.39 is 9.84 Å². The maximum absolute atomic E-state index is 12.3. The van der Waals surface area contributed by atoms with Crippen LogP contribution in [-0.4, -0.2) is 19.4 Å². The third-order valence-corrected chi connectivity index (χ3v) is 6.08. The Kier molecular flexibility index (Phi) is 5.29. The first-order valence-electron chi connectivity index (χ1n) is 6.65. The molecule has 0 amide bonds. The molecule has 0 spiro atoms. The first-order chi connectivity index (χ1) is 7.43. The summed E-state index contributed by atoms with van der Waals surface area (Å²) in [5.74, 6) is 1.22. The maximum atomic E-state index is 12.3. The minimum Gasteiger partial charge on any atom is -0.229 e. The fourth-order valence-corrected chi connectivity index (χ4v) is 5.09. The number of sulfone groups is 1. The molecule has 2 atom stereocenters. The van der Waals surface area contributed by atoms with Crippen LogP contribution in [0.3, 0.4) is 0 Å². The van der Waals surface area contributed by atoms with E-state index in [1.54, 1.807) is 0 Å². The van der Waals surface area contributed by atoms with Crippen LogP contribution in [0.4, 0.5) is 0 Å². The number of rotatable bonds is 2. The molecule has 0 N–H and O–H groups in total. The number of hydrogen-bond donors (Lipinski definition) is 0. The highest BCUT2D eigenvalue weighted by atomic mass is 32.2. The standard InChI is InChI=1S/C13H26O2S/c1-11(2)10-13-12(3)8-6-4-5-7-9-16(13,14)15/h11-13H,4-10H2,1-3H3. The van der Waals surface area contributed by atoms with Crippen LogP contribution in [0, 0.1) is 11.8 Å². The molecule has 16 heavy (non-hydrogen) atoms. The lowest BCUT2D eigenvalue weighted by atomic mass is 9.94. The molecule has 1 heterocycles. The van der Waals surface area contributed by atoms with E-state index >= 15 is 0 Å². The molecule has 96 valence electrons. The van der Waals surface area contributed by atoms with Gasteiger partial charge in [0.25, 0.3) is 0 Å². The average molecular weight is 246 g/mol. The van der Waals surface area contributed by atoms with Crippen LogP contribution in [0.1, 0.15) is 59.3 Å². The Morgan fingerprint density at radius 1 is 1.12 bits per heavy atom. The normalized spacial score (nSPS) is 31.8. The lowest BCUT2D eigenvalue weighted by molar-refractivity contribution is 0.411. The molecule has 0 saturated carbocycles. The van der Waals surface area contributed by atoms with Crippen molar-refractivity contribution in [2.45, 2.75) is 64.5 Å². The third-order valence-electron chi connectivity index (χ3n) is 3.64. The first kappa shape index (κ1) is 14.0. The van der Waals surface area contributed by atoms with Crippen molar-refractivity contribution in [2.24, 2.45) is 11.8 Å². The molecule has 0 radical (unpaired) electrons. The largest absolute Gasteiger partial charge is 0.229 e. The second kappa shape index (κ2) is 6.04. The van der Waals surface area contributed by atoms with Gasteiger partial charge in [-0.3, -0.25) is 0 Å². The summed E-state index contributed by atoms with van der Waals surface area (Å²) in [5, 5.41) is -0.0920. The molecule has 0 aromatic heterocycles. The van der Waals surface area contributed by atoms with Gasteiger partial charge in [0.2, 0.25) is 0 Å². The molecule has 1 rings (SSSR count). The second-order valence-electron chi connectivity index (χ2n) is 5.72. The highest BCUT2D eigenvalue weighted by Crippen LogP contribution is 2.28. The Labute approximate surface area is 101 Å². The van der Waals surface area contributed by atoms with Crippen LogP contribution in [-0.2, 0) is 9.84 Å². The summed E-state index contributed by atoms with van der Waals surface area (Å²) in [6.07, 6.45) is 6.27. The topological polar surface area (TPSA) is 34.1 Å². The van der Waals surface area contributed by atoms with Crippen molar-refractivity contribution in [2.75, 3.05) is 5.75 Å². The summed E-state index contributed by atoms with van der Waals surface area (Å²) < 4.78 is 24.5. The van der Waals surface area contributed by atoms with E-state index in [0.717, 1.165) is 25.7 Å². The Balaban J connectivity index is 2.82. The molecule has 0 aromatic carbocycles. The highest BCUT2D eigenvalue weighted by Gasteiger charge is 2.31. The molecular formula is C13H26O2S. The van der Waals surface area contributed by atoms with Gasteiger partial charge in [0, 0.05) is 0 Å². The smallest absolute Gasteiger partial charge is 0.153 e. The number of hydrogen-bond acceptors (Lipinski definition) is 2. The van der Waals surface area contributed by atoms with E-state index in [2.05, 4.69) is 20.8 Å². The van der Waals surface area contributed by atoms with Gasteiger partial charge in [-0.05, 0) is 31.1 Å². The van der Waals surface area contributed by atoms with Gasteiger partial charge >= 0.3 is 0 Å². The van der Waals surface area contributed by atoms with Gasteiger partial charge in [0.05, 0.1) is 11.0 Å². The predicted molar refractivity (Wildman–Crippen MR) is 69.3 cm³/mol. The van der Waals surface area contributed by atoms with Gasteiger partial charge in [-0.15, -0.1) is 0 Å². The fraction of sp³-hybridized carbons (Fsp3) is 1.00. The second-order valence-corrected chi connectivity index (χ2v) is 8.05. The van der Waals surface area contributed by atoms with Crippen molar-refractivity contribution in [3.63, 3.8) is 0 Å². The average Bonchev–Trinajstić information content (AvgIpc) is 2.22. The first-order valence-corrected chi connectivity index (χ1v) is 8.36. The van der Waals surface area contributed by atoms with Gasteiger partial charge in [-0.25, -0.2) is 8.42 Å². The SMILES string of the molecule is CC(C)CC1C(C)CCCCCCS1(=O)=O. The summed E-state index contributed by atoms with van der Waals surface area (Å²) in [4.78, 5) is 0. The Bertz CT molecular complexity index is 293. The fourth-order valence-electron chi connectivity index (χ4n) is 2.66. The van der Waals surface area contributed by atoms with E-state index in [1.165, 1.54) is 12.8 Å². The molecule has 0 aliphatic carbocycles. The molecule has 1 fully saturated rings. The molecule has 1 aliphatic heterocycles. The van der Waals surface area contributed by atoms with Crippen LogP contribution < -0.4 is 0 Å². The van der Waals surface area contributed by atoms with E-state index in [1.807, 2.05) is 0 Å². The molecule has 2 unspecified atom stereocenters. The van der Waals surface area contributed by atoms with Crippen molar-refractivity contribution in [3.8, 4) is 0 Å². The van der Waals surface area contributed by atoms with Crippen LogP contribution in [0.5, 0.6) is 0 Å². The van der Waals surface area contributed by atoms with Crippen molar-refractivity contribution in [3.05, 3.63) is 0 Å². The van der Waals surface area contributed by atoms with Gasteiger partial charge in [0.15, 0.2) is 9.84 Å². The van der Waals surface area contributed by atoms with Crippen LogP contribution >= 0.6 is 0 Å². The van der Waals surface area contributed by atoms with Crippen molar-refractivity contribution >= 4 is 9.84 Å². The summed E-state index contributed by atoms with van der Waals surface area (Å²) >= 11 is 0. The van der Waals surface area contributed by atoms with Crippen LogP contribution in [0.25, 0.3) is 0 Å². The third kappa shape index (κ3) is 4.08. The minimum absolute atomic E-state index is 0.0920. The van der Waals surface area contributed by atoms with Crippen molar-refractivity contribution < 1.29 is 8.42 Å². The molecule has 3 heteroatoms. The zero-order valence-corrected chi connectivity index (χ0v) is 11.7. The van der Waals surface area contributed by atoms with Crippen molar-refractivity contribution in [1.29, 1.82) is 0 Å². The van der Waals surface area contributed by atoms with Gasteiger partial charge in [-0.2, -0.15) is 0 Å². The molecule has 1 saturated heterocycles. The molecule has 0 aromatic rings. The molecule has 1 aliphatic rings. The maximum Gasteiger partial charge on any atom is 0.153 e. The summed E-state index contributed by atoms with van der Waals surface area (Å²) in [5.41, 5.74) is 0. The summed E-state index contributed by atoms with van der Waals surface area (Å²) in [6.45, 7) is 6.36. The van der Waals surface area contributed by atoms with Crippen molar-refractivity contribution in [1.82, 2.24) is 0 Å². The monoisotopic (exact) mass is 246 g/mol. The summed E-state index contributed by atoms with van der Waals surface area (Å²) in [7, 11) is -2.85. The lowest BCUT2D eigenvalue weighted by Gasteiger charge is -2.24. The van der Waals surface area contributed by atoms with Gasteiger partial charge in [0.1, 0.15) is 0 Å². The molecular weight excluding hydrogens is 220 g/mol. The van der Waals surface area contributed by atoms with Crippen LogP contribution in [0.15, 0.2) is 0 Å².